The number of nitrogens with one attached hydrogen (secondary N) is 1. The zero-order valence-corrected chi connectivity index (χ0v) is 14.0. The fourth-order valence-corrected chi connectivity index (χ4v) is 3.44. The Morgan fingerprint density at radius 1 is 1.36 bits per heavy atom. The van der Waals surface area contributed by atoms with Gasteiger partial charge in [-0.2, -0.15) is 0 Å². The topological polar surface area (TPSA) is 58.1 Å². The van der Waals surface area contributed by atoms with E-state index >= 15 is 0 Å². The Labute approximate surface area is 136 Å². The first-order valence-electron chi connectivity index (χ1n) is 6.77. The van der Waals surface area contributed by atoms with Gasteiger partial charge < -0.3 is 10.2 Å². The summed E-state index contributed by atoms with van der Waals surface area (Å²) in [4.78, 5) is 13.7. The van der Waals surface area contributed by atoms with Crippen LogP contribution in [0, 0.1) is 5.82 Å². The van der Waals surface area contributed by atoms with Gasteiger partial charge in [0.05, 0.1) is 5.75 Å². The molecule has 1 heterocycles. The molecule has 0 saturated heterocycles. The summed E-state index contributed by atoms with van der Waals surface area (Å²) in [6, 6.07) is 6.15. The molecule has 0 saturated carbocycles. The molecule has 1 N–H and O–H groups in total. The number of halogens is 1. The SMILES string of the molecule is CCNc1nnc(SCC(=O)N(C)Cc2ccc(F)cc2)s1. The van der Waals surface area contributed by atoms with Gasteiger partial charge in [0.1, 0.15) is 5.82 Å². The maximum atomic E-state index is 12.8. The monoisotopic (exact) mass is 340 g/mol. The van der Waals surface area contributed by atoms with Gasteiger partial charge in [0.25, 0.3) is 0 Å². The first-order chi connectivity index (χ1) is 10.6. The molecule has 0 unspecified atom stereocenters. The molecule has 0 aliphatic rings. The lowest BCUT2D eigenvalue weighted by molar-refractivity contribution is -0.127. The van der Waals surface area contributed by atoms with Crippen molar-refractivity contribution < 1.29 is 9.18 Å². The van der Waals surface area contributed by atoms with Gasteiger partial charge in [-0.05, 0) is 24.6 Å². The van der Waals surface area contributed by atoms with E-state index in [1.165, 1.54) is 35.2 Å². The number of carbonyl (C=O) groups excluding carboxylic acids is 1. The Kier molecular flexibility index (Phi) is 6.14. The molecule has 0 fully saturated rings. The molecule has 2 aromatic rings. The average Bonchev–Trinajstić information content (AvgIpc) is 2.95. The second-order valence-electron chi connectivity index (χ2n) is 4.57. The van der Waals surface area contributed by atoms with E-state index in [9.17, 15) is 9.18 Å². The Morgan fingerprint density at radius 3 is 2.77 bits per heavy atom. The van der Waals surface area contributed by atoms with E-state index in [1.54, 1.807) is 24.1 Å². The molecule has 1 aromatic carbocycles. The third-order valence-corrected chi connectivity index (χ3v) is 4.81. The predicted molar refractivity (Wildman–Crippen MR) is 87.7 cm³/mol. The Bertz CT molecular complexity index is 618. The Balaban J connectivity index is 1.81. The van der Waals surface area contributed by atoms with Crippen LogP contribution in [0.3, 0.4) is 0 Å². The van der Waals surface area contributed by atoms with Crippen LogP contribution in [0.2, 0.25) is 0 Å². The Morgan fingerprint density at radius 2 is 2.09 bits per heavy atom. The average molecular weight is 340 g/mol. The molecule has 8 heteroatoms. The molecule has 2 rings (SSSR count). The summed E-state index contributed by atoms with van der Waals surface area (Å²) >= 11 is 2.80. The van der Waals surface area contributed by atoms with Crippen molar-refractivity contribution in [3.05, 3.63) is 35.6 Å². The van der Waals surface area contributed by atoms with Crippen LogP contribution in [-0.2, 0) is 11.3 Å². The highest BCUT2D eigenvalue weighted by molar-refractivity contribution is 8.01. The van der Waals surface area contributed by atoms with Gasteiger partial charge >= 0.3 is 0 Å². The van der Waals surface area contributed by atoms with E-state index in [1.807, 2.05) is 6.92 Å². The number of hydrogen-bond donors (Lipinski definition) is 1. The van der Waals surface area contributed by atoms with Crippen LogP contribution in [0.25, 0.3) is 0 Å². The van der Waals surface area contributed by atoms with Crippen LogP contribution in [0.4, 0.5) is 9.52 Å². The second-order valence-corrected chi connectivity index (χ2v) is 6.77. The highest BCUT2D eigenvalue weighted by Gasteiger charge is 2.12. The molecule has 118 valence electrons. The van der Waals surface area contributed by atoms with E-state index in [0.717, 1.165) is 21.6 Å². The van der Waals surface area contributed by atoms with E-state index in [0.29, 0.717) is 12.3 Å². The van der Waals surface area contributed by atoms with Crippen molar-refractivity contribution in [2.45, 2.75) is 17.8 Å². The molecule has 0 bridgehead atoms. The van der Waals surface area contributed by atoms with Gasteiger partial charge in [0, 0.05) is 20.1 Å². The third kappa shape index (κ3) is 4.96. The summed E-state index contributed by atoms with van der Waals surface area (Å²) in [5, 5.41) is 11.8. The van der Waals surface area contributed by atoms with E-state index in [4.69, 9.17) is 0 Å². The van der Waals surface area contributed by atoms with Gasteiger partial charge in [-0.3, -0.25) is 4.79 Å². The summed E-state index contributed by atoms with van der Waals surface area (Å²) in [6.45, 7) is 3.24. The van der Waals surface area contributed by atoms with Gasteiger partial charge in [-0.25, -0.2) is 4.39 Å². The van der Waals surface area contributed by atoms with Gasteiger partial charge in [-0.15, -0.1) is 10.2 Å². The summed E-state index contributed by atoms with van der Waals surface area (Å²) in [7, 11) is 1.73. The minimum absolute atomic E-state index is 0.00507. The highest BCUT2D eigenvalue weighted by Crippen LogP contribution is 2.25. The molecular formula is C14H17FN4OS2. The largest absolute Gasteiger partial charge is 0.360 e. The fourth-order valence-electron chi connectivity index (χ4n) is 1.68. The van der Waals surface area contributed by atoms with Crippen molar-refractivity contribution in [3.63, 3.8) is 0 Å². The van der Waals surface area contributed by atoms with E-state index in [2.05, 4.69) is 15.5 Å². The number of anilines is 1. The predicted octanol–water partition coefficient (Wildman–Crippen LogP) is 2.86. The standard InChI is InChI=1S/C14H17FN4OS2/c1-3-16-13-17-18-14(22-13)21-9-12(20)19(2)8-10-4-6-11(15)7-5-10/h4-7H,3,8-9H2,1-2H3,(H,16,17). The van der Waals surface area contributed by atoms with Gasteiger partial charge in [0.15, 0.2) is 4.34 Å². The smallest absolute Gasteiger partial charge is 0.233 e. The molecule has 1 aromatic heterocycles. The van der Waals surface area contributed by atoms with Crippen LogP contribution in [0.15, 0.2) is 28.6 Å². The summed E-state index contributed by atoms with van der Waals surface area (Å²) in [5.74, 6) is 0.0221. The van der Waals surface area contributed by atoms with Crippen LogP contribution >= 0.6 is 23.1 Å². The number of aromatic nitrogens is 2. The number of carbonyl (C=O) groups is 1. The second kappa shape index (κ2) is 8.09. The lowest BCUT2D eigenvalue weighted by atomic mass is 10.2. The summed E-state index contributed by atoms with van der Waals surface area (Å²) in [5.41, 5.74) is 0.896. The van der Waals surface area contributed by atoms with Crippen LogP contribution < -0.4 is 5.32 Å². The van der Waals surface area contributed by atoms with E-state index < -0.39 is 0 Å². The quantitative estimate of drug-likeness (QED) is 0.786. The van der Waals surface area contributed by atoms with Crippen LogP contribution in [0.5, 0.6) is 0 Å². The number of amides is 1. The van der Waals surface area contributed by atoms with Crippen LogP contribution in [0.1, 0.15) is 12.5 Å². The fraction of sp³-hybridized carbons (Fsp3) is 0.357. The number of nitrogens with zero attached hydrogens (tertiary/aromatic N) is 3. The Hall–Kier alpha value is -1.67. The summed E-state index contributed by atoms with van der Waals surface area (Å²) in [6.07, 6.45) is 0. The van der Waals surface area contributed by atoms with Crippen molar-refractivity contribution in [2.24, 2.45) is 0 Å². The lowest BCUT2D eigenvalue weighted by Gasteiger charge is -2.16. The molecule has 0 radical (unpaired) electrons. The molecule has 0 spiro atoms. The van der Waals surface area contributed by atoms with Gasteiger partial charge in [-0.1, -0.05) is 35.2 Å². The third-order valence-electron chi connectivity index (χ3n) is 2.81. The number of rotatable bonds is 7. The molecular weight excluding hydrogens is 323 g/mol. The molecule has 0 aliphatic carbocycles. The molecule has 0 atom stereocenters. The highest BCUT2D eigenvalue weighted by atomic mass is 32.2. The molecule has 22 heavy (non-hydrogen) atoms. The number of hydrogen-bond acceptors (Lipinski definition) is 6. The maximum Gasteiger partial charge on any atom is 0.233 e. The molecule has 0 aliphatic heterocycles. The van der Waals surface area contributed by atoms with Crippen molar-refractivity contribution in [1.29, 1.82) is 0 Å². The minimum atomic E-state index is -0.277. The zero-order valence-electron chi connectivity index (χ0n) is 12.4. The normalized spacial score (nSPS) is 10.5. The molecule has 1 amide bonds. The first kappa shape index (κ1) is 16.7. The number of benzene rings is 1. The van der Waals surface area contributed by atoms with Crippen molar-refractivity contribution >= 4 is 34.1 Å². The minimum Gasteiger partial charge on any atom is -0.360 e. The van der Waals surface area contributed by atoms with Crippen molar-refractivity contribution in [3.8, 4) is 0 Å². The van der Waals surface area contributed by atoms with Gasteiger partial charge in [0.2, 0.25) is 11.0 Å². The zero-order chi connectivity index (χ0) is 15.9. The maximum absolute atomic E-state index is 12.8. The van der Waals surface area contributed by atoms with Crippen molar-refractivity contribution in [1.82, 2.24) is 15.1 Å². The van der Waals surface area contributed by atoms with E-state index in [-0.39, 0.29) is 11.7 Å². The summed E-state index contributed by atoms with van der Waals surface area (Å²) < 4.78 is 13.6. The van der Waals surface area contributed by atoms with Crippen molar-refractivity contribution in [2.75, 3.05) is 24.7 Å². The lowest BCUT2D eigenvalue weighted by Crippen LogP contribution is -2.27. The first-order valence-corrected chi connectivity index (χ1v) is 8.57. The van der Waals surface area contributed by atoms with Crippen LogP contribution in [-0.4, -0.2) is 40.3 Å². The number of thioether (sulfide) groups is 1. The molecule has 5 nitrogen and oxygen atoms in total.